The van der Waals surface area contributed by atoms with Crippen molar-refractivity contribution >= 4 is 0 Å². The van der Waals surface area contributed by atoms with Gasteiger partial charge in [-0.15, -0.1) is 0 Å². The van der Waals surface area contributed by atoms with Crippen LogP contribution in [0, 0.1) is 5.92 Å². The minimum Gasteiger partial charge on any atom is -0.374 e. The Morgan fingerprint density at radius 3 is 3.00 bits per heavy atom. The van der Waals surface area contributed by atoms with Gasteiger partial charge in [0.05, 0.1) is 12.7 Å². The summed E-state index contributed by atoms with van der Waals surface area (Å²) < 4.78 is 6.03. The summed E-state index contributed by atoms with van der Waals surface area (Å²) in [4.78, 5) is 2.64. The normalized spacial score (nSPS) is 40.9. The number of rotatable bonds is 3. The first-order valence-electron chi connectivity index (χ1n) is 8.40. The van der Waals surface area contributed by atoms with Crippen LogP contribution in [-0.4, -0.2) is 49.3 Å². The predicted molar refractivity (Wildman–Crippen MR) is 78.4 cm³/mol. The molecule has 0 bridgehead atoms. The molecule has 4 atom stereocenters. The van der Waals surface area contributed by atoms with Gasteiger partial charge in [0.15, 0.2) is 0 Å². The molecular weight excluding hydrogens is 236 g/mol. The number of fused-ring (bicyclic) bond motifs is 1. The van der Waals surface area contributed by atoms with Crippen LogP contribution in [0.3, 0.4) is 0 Å². The van der Waals surface area contributed by atoms with E-state index in [1.165, 1.54) is 51.5 Å². The molecule has 1 saturated carbocycles. The van der Waals surface area contributed by atoms with Crippen molar-refractivity contribution in [3.05, 3.63) is 0 Å². The number of morpholine rings is 1. The lowest BCUT2D eigenvalue weighted by Crippen LogP contribution is -2.50. The Labute approximate surface area is 118 Å². The molecule has 3 fully saturated rings. The van der Waals surface area contributed by atoms with E-state index >= 15 is 0 Å². The van der Waals surface area contributed by atoms with Gasteiger partial charge in [-0.2, -0.15) is 0 Å². The molecule has 2 heterocycles. The molecule has 3 nitrogen and oxygen atoms in total. The molecule has 2 saturated heterocycles. The summed E-state index contributed by atoms with van der Waals surface area (Å²) in [7, 11) is 0. The summed E-state index contributed by atoms with van der Waals surface area (Å²) in [6.45, 7) is 6.88. The maximum atomic E-state index is 6.03. The monoisotopic (exact) mass is 266 g/mol. The van der Waals surface area contributed by atoms with Crippen LogP contribution in [0.1, 0.15) is 51.9 Å². The van der Waals surface area contributed by atoms with Crippen molar-refractivity contribution in [2.24, 2.45) is 5.92 Å². The van der Waals surface area contributed by atoms with Gasteiger partial charge in [0.1, 0.15) is 0 Å². The number of hydrogen-bond donors (Lipinski definition) is 1. The zero-order valence-electron chi connectivity index (χ0n) is 12.4. The Bertz CT molecular complexity index is 284. The molecule has 0 radical (unpaired) electrons. The van der Waals surface area contributed by atoms with Crippen molar-refractivity contribution in [1.82, 2.24) is 10.2 Å². The zero-order chi connectivity index (χ0) is 13.1. The van der Waals surface area contributed by atoms with Gasteiger partial charge in [-0.1, -0.05) is 19.8 Å². The van der Waals surface area contributed by atoms with Crippen molar-refractivity contribution in [2.45, 2.75) is 70.1 Å². The molecule has 1 aliphatic carbocycles. The van der Waals surface area contributed by atoms with Crippen LogP contribution >= 0.6 is 0 Å². The first-order chi connectivity index (χ1) is 9.31. The Morgan fingerprint density at radius 2 is 2.05 bits per heavy atom. The molecule has 110 valence electrons. The summed E-state index contributed by atoms with van der Waals surface area (Å²) in [6.07, 6.45) is 10.1. The molecule has 0 amide bonds. The van der Waals surface area contributed by atoms with Crippen molar-refractivity contribution in [3.63, 3.8) is 0 Å². The van der Waals surface area contributed by atoms with Crippen LogP contribution in [0.25, 0.3) is 0 Å². The minimum absolute atomic E-state index is 0.426. The van der Waals surface area contributed by atoms with Crippen LogP contribution in [-0.2, 0) is 4.74 Å². The molecular formula is C16H30N2O. The van der Waals surface area contributed by atoms with Gasteiger partial charge in [-0.25, -0.2) is 0 Å². The molecule has 0 aromatic carbocycles. The average molecular weight is 266 g/mol. The van der Waals surface area contributed by atoms with Crippen LogP contribution < -0.4 is 5.32 Å². The number of nitrogens with zero attached hydrogens (tertiary/aromatic N) is 1. The van der Waals surface area contributed by atoms with Gasteiger partial charge in [-0.05, 0) is 44.6 Å². The Morgan fingerprint density at radius 1 is 1.11 bits per heavy atom. The first-order valence-corrected chi connectivity index (χ1v) is 8.40. The highest BCUT2D eigenvalue weighted by Crippen LogP contribution is 2.24. The molecule has 0 spiro atoms. The summed E-state index contributed by atoms with van der Waals surface area (Å²) in [5.41, 5.74) is 0. The fourth-order valence-electron chi connectivity index (χ4n) is 4.00. The second-order valence-corrected chi connectivity index (χ2v) is 6.96. The van der Waals surface area contributed by atoms with Gasteiger partial charge in [0, 0.05) is 25.2 Å². The van der Waals surface area contributed by atoms with E-state index in [0.717, 1.165) is 37.7 Å². The summed E-state index contributed by atoms with van der Waals surface area (Å²) in [6, 6.07) is 1.47. The van der Waals surface area contributed by atoms with Crippen LogP contribution in [0.15, 0.2) is 0 Å². The first kappa shape index (κ1) is 13.8. The minimum atomic E-state index is 0.426. The van der Waals surface area contributed by atoms with Gasteiger partial charge < -0.3 is 10.1 Å². The summed E-state index contributed by atoms with van der Waals surface area (Å²) in [5.74, 6) is 0.933. The lowest BCUT2D eigenvalue weighted by Gasteiger charge is -2.36. The number of ether oxygens (including phenoxy) is 1. The lowest BCUT2D eigenvalue weighted by atomic mass is 10.0. The molecule has 3 heteroatoms. The SMILES string of the molecule is CC1CCCC(NCC2CN3CCCC3CO2)CC1. The third kappa shape index (κ3) is 3.71. The van der Waals surface area contributed by atoms with Crippen molar-refractivity contribution in [3.8, 4) is 0 Å². The van der Waals surface area contributed by atoms with Crippen molar-refractivity contribution < 1.29 is 4.74 Å². The second-order valence-electron chi connectivity index (χ2n) is 6.96. The van der Waals surface area contributed by atoms with E-state index in [-0.39, 0.29) is 0 Å². The fourth-order valence-corrected chi connectivity index (χ4v) is 4.00. The topological polar surface area (TPSA) is 24.5 Å². The molecule has 19 heavy (non-hydrogen) atoms. The number of nitrogens with one attached hydrogen (secondary N) is 1. The van der Waals surface area contributed by atoms with Crippen LogP contribution in [0.5, 0.6) is 0 Å². The third-order valence-electron chi connectivity index (χ3n) is 5.35. The largest absolute Gasteiger partial charge is 0.374 e. The Kier molecular flexibility index (Phi) is 4.78. The summed E-state index contributed by atoms with van der Waals surface area (Å²) >= 11 is 0. The van der Waals surface area contributed by atoms with E-state index in [1.54, 1.807) is 0 Å². The van der Waals surface area contributed by atoms with Crippen LogP contribution in [0.2, 0.25) is 0 Å². The van der Waals surface area contributed by atoms with Gasteiger partial charge >= 0.3 is 0 Å². The van der Waals surface area contributed by atoms with Gasteiger partial charge in [0.25, 0.3) is 0 Å². The maximum Gasteiger partial charge on any atom is 0.0827 e. The molecule has 3 rings (SSSR count). The van der Waals surface area contributed by atoms with E-state index in [0.29, 0.717) is 6.10 Å². The number of hydrogen-bond acceptors (Lipinski definition) is 3. The predicted octanol–water partition coefficient (Wildman–Crippen LogP) is 2.41. The van der Waals surface area contributed by atoms with E-state index in [4.69, 9.17) is 4.74 Å². The molecule has 0 aromatic rings. The smallest absolute Gasteiger partial charge is 0.0827 e. The summed E-state index contributed by atoms with van der Waals surface area (Å²) in [5, 5.41) is 3.78. The highest BCUT2D eigenvalue weighted by Gasteiger charge is 2.32. The standard InChI is InChI=1S/C16H30N2O/c1-13-4-2-5-14(8-7-13)17-10-16-11-18-9-3-6-15(18)12-19-16/h13-17H,2-12H2,1H3. The van der Waals surface area contributed by atoms with Crippen molar-refractivity contribution in [2.75, 3.05) is 26.2 Å². The van der Waals surface area contributed by atoms with E-state index in [1.807, 2.05) is 0 Å². The molecule has 0 aromatic heterocycles. The fraction of sp³-hybridized carbons (Fsp3) is 1.00. The lowest BCUT2D eigenvalue weighted by molar-refractivity contribution is -0.0480. The van der Waals surface area contributed by atoms with E-state index < -0.39 is 0 Å². The average Bonchev–Trinajstić information content (AvgIpc) is 2.79. The third-order valence-corrected chi connectivity index (χ3v) is 5.35. The van der Waals surface area contributed by atoms with E-state index in [9.17, 15) is 0 Å². The quantitative estimate of drug-likeness (QED) is 0.794. The second kappa shape index (κ2) is 6.55. The highest BCUT2D eigenvalue weighted by molar-refractivity contribution is 4.86. The molecule has 1 N–H and O–H groups in total. The molecule has 4 unspecified atom stereocenters. The molecule has 3 aliphatic rings. The van der Waals surface area contributed by atoms with Crippen molar-refractivity contribution in [1.29, 1.82) is 0 Å². The maximum absolute atomic E-state index is 6.03. The Hall–Kier alpha value is -0.120. The van der Waals surface area contributed by atoms with E-state index in [2.05, 4.69) is 17.1 Å². The molecule has 2 aliphatic heterocycles. The zero-order valence-corrected chi connectivity index (χ0v) is 12.4. The van der Waals surface area contributed by atoms with Crippen LogP contribution in [0.4, 0.5) is 0 Å². The van der Waals surface area contributed by atoms with Gasteiger partial charge in [0.2, 0.25) is 0 Å². The Balaban J connectivity index is 1.39. The highest BCUT2D eigenvalue weighted by atomic mass is 16.5. The van der Waals surface area contributed by atoms with Gasteiger partial charge in [-0.3, -0.25) is 4.90 Å².